The summed E-state index contributed by atoms with van der Waals surface area (Å²) in [6.45, 7) is 0.310. The van der Waals surface area contributed by atoms with Gasteiger partial charge in [0, 0.05) is 28.9 Å². The molecule has 3 aliphatic rings. The monoisotopic (exact) mass is 469 g/mol. The van der Waals surface area contributed by atoms with Crippen molar-refractivity contribution in [3.8, 4) is 0 Å². The maximum atomic E-state index is 13.7. The lowest BCUT2D eigenvalue weighted by Gasteiger charge is -2.29. The second-order valence-corrected chi connectivity index (χ2v) is 9.97. The highest BCUT2D eigenvalue weighted by Crippen LogP contribution is 2.53. The van der Waals surface area contributed by atoms with Gasteiger partial charge in [-0.3, -0.25) is 24.6 Å². The molecular formula is C24H24ClN3O3S. The van der Waals surface area contributed by atoms with E-state index in [1.165, 1.54) is 4.90 Å². The molecule has 0 bridgehead atoms. The predicted molar refractivity (Wildman–Crippen MR) is 126 cm³/mol. The molecule has 3 heterocycles. The average molecular weight is 470 g/mol. The van der Waals surface area contributed by atoms with Crippen LogP contribution in [0.1, 0.15) is 17.5 Å². The summed E-state index contributed by atoms with van der Waals surface area (Å²) in [5.41, 5.74) is 1.08. The molecule has 3 amide bonds. The number of carbonyl (C=O) groups is 3. The number of benzene rings is 2. The number of rotatable bonds is 6. The molecule has 8 heteroatoms. The van der Waals surface area contributed by atoms with Gasteiger partial charge in [-0.25, -0.2) is 0 Å². The van der Waals surface area contributed by atoms with E-state index in [4.69, 9.17) is 11.6 Å². The normalized spacial score (nSPS) is 28.4. The van der Waals surface area contributed by atoms with Crippen molar-refractivity contribution in [1.82, 2.24) is 10.2 Å². The number of carbonyl (C=O) groups excluding carboxylic acids is 3. The summed E-state index contributed by atoms with van der Waals surface area (Å²) in [5.74, 6) is -1.28. The molecular weight excluding hydrogens is 446 g/mol. The van der Waals surface area contributed by atoms with Gasteiger partial charge in [0.2, 0.25) is 17.7 Å². The van der Waals surface area contributed by atoms with Crippen molar-refractivity contribution in [2.24, 2.45) is 11.8 Å². The summed E-state index contributed by atoms with van der Waals surface area (Å²) in [7, 11) is 0. The number of likely N-dealkylation sites (tertiary alicyclic amines) is 1. The zero-order valence-electron chi connectivity index (χ0n) is 17.6. The second-order valence-electron chi connectivity index (χ2n) is 8.55. The van der Waals surface area contributed by atoms with Crippen LogP contribution in [0.4, 0.5) is 5.69 Å². The van der Waals surface area contributed by atoms with Gasteiger partial charge in [0.05, 0.1) is 11.8 Å². The highest BCUT2D eigenvalue weighted by Gasteiger charge is 2.70. The molecule has 0 aliphatic carbocycles. The maximum absolute atomic E-state index is 13.7. The molecule has 166 valence electrons. The number of anilines is 1. The molecule has 32 heavy (non-hydrogen) atoms. The average Bonchev–Trinajstić information content (AvgIpc) is 3.37. The van der Waals surface area contributed by atoms with E-state index >= 15 is 0 Å². The van der Waals surface area contributed by atoms with Crippen molar-refractivity contribution < 1.29 is 14.4 Å². The Hall–Kier alpha value is -2.35. The summed E-state index contributed by atoms with van der Waals surface area (Å²) >= 11 is 7.96. The molecule has 6 nitrogen and oxygen atoms in total. The number of hydrogen-bond donors (Lipinski definition) is 2. The van der Waals surface area contributed by atoms with Crippen molar-refractivity contribution in [1.29, 1.82) is 0 Å². The summed E-state index contributed by atoms with van der Waals surface area (Å²) in [5, 5.41) is 6.84. The smallest absolute Gasteiger partial charge is 0.250 e. The van der Waals surface area contributed by atoms with Crippen LogP contribution in [0.5, 0.6) is 0 Å². The first kappa shape index (κ1) is 21.5. The van der Waals surface area contributed by atoms with Crippen molar-refractivity contribution in [3.05, 3.63) is 64.7 Å². The zero-order valence-corrected chi connectivity index (χ0v) is 19.2. The summed E-state index contributed by atoms with van der Waals surface area (Å²) in [6, 6.07) is 14.7. The predicted octanol–water partition coefficient (Wildman–Crippen LogP) is 3.06. The molecule has 2 N–H and O–H groups in total. The molecule has 0 radical (unpaired) electrons. The molecule has 0 saturated carbocycles. The van der Waals surface area contributed by atoms with E-state index < -0.39 is 17.4 Å². The third-order valence-electron chi connectivity index (χ3n) is 6.87. The second kappa shape index (κ2) is 8.21. The minimum Gasteiger partial charge on any atom is -0.324 e. The Morgan fingerprint density at radius 2 is 1.88 bits per heavy atom. The molecule has 2 saturated heterocycles. The lowest BCUT2D eigenvalue weighted by molar-refractivity contribution is -0.142. The minimum absolute atomic E-state index is 0.185. The first-order chi connectivity index (χ1) is 15.5. The van der Waals surface area contributed by atoms with Gasteiger partial charge in [-0.15, -0.1) is 0 Å². The van der Waals surface area contributed by atoms with Gasteiger partial charge in [0.1, 0.15) is 5.54 Å². The van der Waals surface area contributed by atoms with Crippen LogP contribution in [0.15, 0.2) is 48.5 Å². The van der Waals surface area contributed by atoms with E-state index in [9.17, 15) is 14.4 Å². The highest BCUT2D eigenvalue weighted by molar-refractivity contribution is 7.98. The van der Waals surface area contributed by atoms with E-state index in [1.807, 2.05) is 36.6 Å². The molecule has 4 atom stereocenters. The summed E-state index contributed by atoms with van der Waals surface area (Å²) in [6.07, 6.45) is 3.29. The standard InChI is InChI=1S/C24H24ClN3O3S/c1-32-12-10-18-19-20(22(30)28(21(19)29)11-9-14-5-3-2-4-6-14)24(27-18)16-13-15(25)7-8-17(16)26-23(24)31/h2-8,13,18-20,27H,9-12H2,1H3,(H,26,31)/t18-,19+,20-,24-/m0/s1. The van der Waals surface area contributed by atoms with Crippen molar-refractivity contribution in [3.63, 3.8) is 0 Å². The van der Waals surface area contributed by atoms with E-state index in [0.717, 1.165) is 11.3 Å². The van der Waals surface area contributed by atoms with Crippen molar-refractivity contribution in [2.45, 2.75) is 24.4 Å². The van der Waals surface area contributed by atoms with Gasteiger partial charge in [0.25, 0.3) is 0 Å². The fourth-order valence-corrected chi connectivity index (χ4v) is 6.09. The Morgan fingerprint density at radius 1 is 1.09 bits per heavy atom. The molecule has 5 rings (SSSR count). The van der Waals surface area contributed by atoms with E-state index in [-0.39, 0.29) is 23.8 Å². The molecule has 0 unspecified atom stereocenters. The van der Waals surface area contributed by atoms with E-state index in [1.54, 1.807) is 30.0 Å². The van der Waals surface area contributed by atoms with Gasteiger partial charge in [-0.05, 0) is 48.6 Å². The number of hydrogen-bond acceptors (Lipinski definition) is 5. The van der Waals surface area contributed by atoms with Crippen LogP contribution < -0.4 is 10.6 Å². The molecule has 2 fully saturated rings. The van der Waals surface area contributed by atoms with Gasteiger partial charge < -0.3 is 5.32 Å². The third-order valence-corrected chi connectivity index (χ3v) is 7.75. The third kappa shape index (κ3) is 3.17. The Morgan fingerprint density at radius 3 is 2.62 bits per heavy atom. The molecule has 2 aromatic carbocycles. The van der Waals surface area contributed by atoms with Crippen LogP contribution in [0, 0.1) is 11.8 Å². The highest BCUT2D eigenvalue weighted by atomic mass is 35.5. The van der Waals surface area contributed by atoms with Crippen LogP contribution >= 0.6 is 23.4 Å². The van der Waals surface area contributed by atoms with Gasteiger partial charge in [0.15, 0.2) is 0 Å². The lowest BCUT2D eigenvalue weighted by Crippen LogP contribution is -2.53. The molecule has 2 aromatic rings. The Kier molecular flexibility index (Phi) is 5.51. The summed E-state index contributed by atoms with van der Waals surface area (Å²) in [4.78, 5) is 41.9. The number of imide groups is 1. The first-order valence-electron chi connectivity index (χ1n) is 10.7. The Balaban J connectivity index is 1.53. The maximum Gasteiger partial charge on any atom is 0.250 e. The number of nitrogens with one attached hydrogen (secondary N) is 2. The quantitative estimate of drug-likeness (QED) is 0.636. The summed E-state index contributed by atoms with van der Waals surface area (Å²) < 4.78 is 0. The first-order valence-corrected chi connectivity index (χ1v) is 12.5. The van der Waals surface area contributed by atoms with Crippen LogP contribution in [-0.4, -0.2) is 47.2 Å². The van der Waals surface area contributed by atoms with Gasteiger partial charge in [-0.1, -0.05) is 41.9 Å². The van der Waals surface area contributed by atoms with Gasteiger partial charge >= 0.3 is 0 Å². The number of halogens is 1. The number of fused-ring (bicyclic) bond motifs is 4. The molecule has 0 aromatic heterocycles. The lowest BCUT2D eigenvalue weighted by atomic mass is 9.76. The minimum atomic E-state index is -1.28. The fourth-order valence-electron chi connectivity index (χ4n) is 5.43. The number of amides is 3. The zero-order chi connectivity index (χ0) is 22.5. The van der Waals surface area contributed by atoms with E-state index in [2.05, 4.69) is 10.6 Å². The SMILES string of the molecule is CSCC[C@@H]1N[C@]2(C(=O)Nc3ccc(Cl)cc32)[C@@H]2C(=O)N(CCc3ccccc3)C(=O)[C@H]12. The van der Waals surface area contributed by atoms with Crippen LogP contribution in [0.3, 0.4) is 0 Å². The van der Waals surface area contributed by atoms with Gasteiger partial charge in [-0.2, -0.15) is 11.8 Å². The number of nitrogens with zero attached hydrogens (tertiary/aromatic N) is 1. The topological polar surface area (TPSA) is 78.5 Å². The number of thioether (sulfide) groups is 1. The van der Waals surface area contributed by atoms with Crippen molar-refractivity contribution in [2.75, 3.05) is 23.9 Å². The Labute approximate surface area is 196 Å². The fraction of sp³-hybridized carbons (Fsp3) is 0.375. The largest absolute Gasteiger partial charge is 0.324 e. The molecule has 3 aliphatic heterocycles. The van der Waals surface area contributed by atoms with Crippen LogP contribution in [-0.2, 0) is 26.3 Å². The van der Waals surface area contributed by atoms with E-state index in [0.29, 0.717) is 35.7 Å². The van der Waals surface area contributed by atoms with Crippen molar-refractivity contribution >= 4 is 46.8 Å². The van der Waals surface area contributed by atoms with Crippen LogP contribution in [0.2, 0.25) is 5.02 Å². The Bertz CT molecular complexity index is 1100. The van der Waals surface area contributed by atoms with Crippen LogP contribution in [0.25, 0.3) is 0 Å². The molecule has 1 spiro atoms.